The first kappa shape index (κ1) is 24.3. The fraction of sp³-hybridized carbons (Fsp3) is 0.857. The van der Waals surface area contributed by atoms with Gasteiger partial charge in [-0.15, -0.1) is 0 Å². The van der Waals surface area contributed by atoms with E-state index >= 15 is 0 Å². The van der Waals surface area contributed by atoms with E-state index in [0.29, 0.717) is 18.4 Å². The Morgan fingerprint density at radius 1 is 1.00 bits per heavy atom. The quantitative estimate of drug-likeness (QED) is 0.304. The Morgan fingerprint density at radius 2 is 1.76 bits per heavy atom. The molecule has 0 aromatic heterocycles. The van der Waals surface area contributed by atoms with E-state index < -0.39 is 64.0 Å². The predicted octanol–water partition coefficient (Wildman–Crippen LogP) is 0.884. The van der Waals surface area contributed by atoms with Crippen molar-refractivity contribution in [1.82, 2.24) is 0 Å². The number of fused-ring (bicyclic) bond motifs is 1. The average Bonchev–Trinajstić information content (AvgIpc) is 3.12. The number of epoxide rings is 1. The molecule has 13 unspecified atom stereocenters. The number of carbonyl (C=O) groups excluding carboxylic acids is 2. The largest absolute Gasteiger partial charge is 0.456 e. The maximum absolute atomic E-state index is 12.5. The first-order valence-corrected chi connectivity index (χ1v) is 14.0. The van der Waals surface area contributed by atoms with Gasteiger partial charge in [0.25, 0.3) is 0 Å². The van der Waals surface area contributed by atoms with Gasteiger partial charge in [0.15, 0.2) is 0 Å². The zero-order valence-electron chi connectivity index (χ0n) is 22.1. The molecule has 8 rings (SSSR count). The first-order chi connectivity index (χ1) is 17.7. The van der Waals surface area contributed by atoms with Crippen LogP contribution < -0.4 is 0 Å². The lowest BCUT2D eigenvalue weighted by Gasteiger charge is -2.61. The summed E-state index contributed by atoms with van der Waals surface area (Å²) in [7, 11) is 0. The standard InChI is InChI=1S/C28H36O10/c1-12-8-25(9-13(2)22(32)37-25)38-27-14(12)5-19-28(27,35-19)21-15(29)6-16-23(3,4)34-18-7-20(31)36-26(16,18)11-24(21,33)10-17(27)30/h9,12,14-19,21,29-30,33H,5-8,10-11H2,1-4H3. The summed E-state index contributed by atoms with van der Waals surface area (Å²) in [4.78, 5) is 25.0. The van der Waals surface area contributed by atoms with Crippen LogP contribution in [0.4, 0.5) is 0 Å². The molecule has 208 valence electrons. The SMILES string of the molecule is CC1=CC2(CC(C)C3CC4OC45C4C(O)CC6C(C)(C)OC7CC(=O)OC76CC4(O)CC(O)C35O2)OC1=O. The monoisotopic (exact) mass is 532 g/mol. The summed E-state index contributed by atoms with van der Waals surface area (Å²) in [5.74, 6) is -3.38. The van der Waals surface area contributed by atoms with Crippen LogP contribution in [0.3, 0.4) is 0 Å². The molecule has 3 N–H and O–H groups in total. The lowest BCUT2D eigenvalue weighted by Crippen LogP contribution is -2.76. The van der Waals surface area contributed by atoms with Crippen molar-refractivity contribution >= 4 is 11.9 Å². The van der Waals surface area contributed by atoms with Gasteiger partial charge in [-0.1, -0.05) is 6.92 Å². The number of ether oxygens (including phenoxy) is 5. The fourth-order valence-electron chi connectivity index (χ4n) is 10.7. The normalized spacial score (nSPS) is 61.0. The van der Waals surface area contributed by atoms with Crippen molar-refractivity contribution in [2.24, 2.45) is 23.7 Å². The lowest BCUT2D eigenvalue weighted by atomic mass is 9.54. The Morgan fingerprint density at radius 3 is 2.47 bits per heavy atom. The van der Waals surface area contributed by atoms with Crippen molar-refractivity contribution in [1.29, 1.82) is 0 Å². The van der Waals surface area contributed by atoms with Crippen LogP contribution in [0.1, 0.15) is 66.2 Å². The molecular weight excluding hydrogens is 496 g/mol. The molecule has 5 aliphatic heterocycles. The van der Waals surface area contributed by atoms with E-state index in [1.165, 1.54) is 0 Å². The van der Waals surface area contributed by atoms with Gasteiger partial charge in [0.1, 0.15) is 22.9 Å². The highest BCUT2D eigenvalue weighted by Gasteiger charge is 2.90. The van der Waals surface area contributed by atoms with Crippen LogP contribution in [0.2, 0.25) is 0 Å². The maximum atomic E-state index is 12.5. The molecule has 0 bridgehead atoms. The van der Waals surface area contributed by atoms with Gasteiger partial charge in [-0.3, -0.25) is 4.79 Å². The number of esters is 2. The highest BCUT2D eigenvalue weighted by Crippen LogP contribution is 2.76. The zero-order chi connectivity index (χ0) is 26.8. The molecule has 0 radical (unpaired) electrons. The Hall–Kier alpha value is -1.56. The van der Waals surface area contributed by atoms with Crippen LogP contribution in [0.25, 0.3) is 0 Å². The van der Waals surface area contributed by atoms with Crippen LogP contribution in [0.5, 0.6) is 0 Å². The van der Waals surface area contributed by atoms with Crippen LogP contribution in [-0.2, 0) is 33.3 Å². The average molecular weight is 533 g/mol. The molecule has 8 aliphatic rings. The van der Waals surface area contributed by atoms with Crippen LogP contribution in [0, 0.1) is 23.7 Å². The molecule has 0 amide bonds. The van der Waals surface area contributed by atoms with Gasteiger partial charge in [-0.25, -0.2) is 4.79 Å². The topological polar surface area (TPSA) is 144 Å². The second-order valence-corrected chi connectivity index (χ2v) is 14.0. The Kier molecular flexibility index (Phi) is 4.25. The Labute approximate surface area is 220 Å². The number of aliphatic hydroxyl groups excluding tert-OH is 2. The maximum Gasteiger partial charge on any atom is 0.336 e. The van der Waals surface area contributed by atoms with Gasteiger partial charge in [0.2, 0.25) is 5.79 Å². The van der Waals surface area contributed by atoms with E-state index in [1.807, 2.05) is 13.8 Å². The molecule has 4 spiro atoms. The fourth-order valence-corrected chi connectivity index (χ4v) is 10.7. The van der Waals surface area contributed by atoms with Crippen molar-refractivity contribution < 1.29 is 48.6 Å². The van der Waals surface area contributed by atoms with E-state index in [1.54, 1.807) is 13.0 Å². The van der Waals surface area contributed by atoms with Gasteiger partial charge >= 0.3 is 11.9 Å². The molecular formula is C28H36O10. The molecule has 10 nitrogen and oxygen atoms in total. The predicted molar refractivity (Wildman–Crippen MR) is 126 cm³/mol. The minimum Gasteiger partial charge on any atom is -0.456 e. The van der Waals surface area contributed by atoms with Crippen molar-refractivity contribution in [2.45, 2.75) is 124 Å². The summed E-state index contributed by atoms with van der Waals surface area (Å²) in [5, 5.41) is 36.5. The highest BCUT2D eigenvalue weighted by atomic mass is 16.8. The molecule has 0 aromatic carbocycles. The summed E-state index contributed by atoms with van der Waals surface area (Å²) in [6.07, 6.45) is -0.00410. The number of hydrogen-bond donors (Lipinski definition) is 3. The van der Waals surface area contributed by atoms with Gasteiger partial charge in [0, 0.05) is 36.7 Å². The summed E-state index contributed by atoms with van der Waals surface area (Å²) in [6.45, 7) is 7.63. The molecule has 3 saturated carbocycles. The number of rotatable bonds is 0. The van der Waals surface area contributed by atoms with E-state index in [9.17, 15) is 24.9 Å². The number of aliphatic hydroxyl groups is 3. The van der Waals surface area contributed by atoms with E-state index in [-0.39, 0.29) is 55.5 Å². The van der Waals surface area contributed by atoms with E-state index in [2.05, 4.69) is 6.92 Å². The number of hydrogen-bond acceptors (Lipinski definition) is 10. The van der Waals surface area contributed by atoms with Gasteiger partial charge in [-0.05, 0) is 51.5 Å². The van der Waals surface area contributed by atoms with Gasteiger partial charge in [-0.2, -0.15) is 0 Å². The summed E-state index contributed by atoms with van der Waals surface area (Å²) in [5.41, 5.74) is -5.38. The third-order valence-corrected chi connectivity index (χ3v) is 11.6. The molecule has 10 heteroatoms. The summed E-state index contributed by atoms with van der Waals surface area (Å²) in [6, 6.07) is 0. The molecule has 0 aromatic rings. The van der Waals surface area contributed by atoms with Gasteiger partial charge in [0.05, 0.1) is 35.9 Å². The third kappa shape index (κ3) is 2.49. The number of carbonyl (C=O) groups is 2. The zero-order valence-corrected chi connectivity index (χ0v) is 22.1. The smallest absolute Gasteiger partial charge is 0.336 e. The van der Waals surface area contributed by atoms with Crippen molar-refractivity contribution in [2.75, 3.05) is 0 Å². The molecule has 38 heavy (non-hydrogen) atoms. The molecule has 7 fully saturated rings. The van der Waals surface area contributed by atoms with Crippen molar-refractivity contribution in [3.05, 3.63) is 11.6 Å². The summed E-state index contributed by atoms with van der Waals surface area (Å²) >= 11 is 0. The lowest BCUT2D eigenvalue weighted by molar-refractivity contribution is -0.363. The van der Waals surface area contributed by atoms with Crippen LogP contribution >= 0.6 is 0 Å². The molecule has 5 heterocycles. The van der Waals surface area contributed by atoms with Crippen LogP contribution in [0.15, 0.2) is 11.6 Å². The van der Waals surface area contributed by atoms with Crippen molar-refractivity contribution in [3.8, 4) is 0 Å². The minimum absolute atomic E-state index is 0.0289. The highest BCUT2D eigenvalue weighted by molar-refractivity contribution is 5.90. The summed E-state index contributed by atoms with van der Waals surface area (Å²) < 4.78 is 31.4. The molecule has 3 aliphatic carbocycles. The molecule has 13 atom stereocenters. The Balaban J connectivity index is 1.27. The van der Waals surface area contributed by atoms with Crippen LogP contribution in [-0.4, -0.2) is 85.5 Å². The third-order valence-electron chi connectivity index (χ3n) is 11.6. The first-order valence-electron chi connectivity index (χ1n) is 14.0. The van der Waals surface area contributed by atoms with Gasteiger partial charge < -0.3 is 39.0 Å². The van der Waals surface area contributed by atoms with E-state index in [0.717, 1.165) is 0 Å². The Bertz CT molecular complexity index is 1200. The second kappa shape index (κ2) is 6.66. The van der Waals surface area contributed by atoms with Crippen molar-refractivity contribution in [3.63, 3.8) is 0 Å². The minimum atomic E-state index is -1.61. The molecule has 4 saturated heterocycles. The second-order valence-electron chi connectivity index (χ2n) is 14.0. The van der Waals surface area contributed by atoms with E-state index in [4.69, 9.17) is 23.7 Å².